The maximum absolute atomic E-state index is 13.7. The summed E-state index contributed by atoms with van der Waals surface area (Å²) < 4.78 is 71.9. The van der Waals surface area contributed by atoms with E-state index in [-0.39, 0.29) is 101 Å². The number of methoxy groups -OCH3 is 4. The van der Waals surface area contributed by atoms with Gasteiger partial charge in [0.25, 0.3) is 0 Å². The van der Waals surface area contributed by atoms with Crippen molar-refractivity contribution < 1.29 is 79.8 Å². The van der Waals surface area contributed by atoms with E-state index in [1.807, 2.05) is 11.0 Å². The van der Waals surface area contributed by atoms with Gasteiger partial charge in [0.2, 0.25) is 0 Å². The number of morpholine rings is 1. The normalized spacial score (nSPS) is 12.8. The van der Waals surface area contributed by atoms with Crippen LogP contribution in [0.5, 0.6) is 17.2 Å². The lowest BCUT2D eigenvalue weighted by molar-refractivity contribution is -1.11. The van der Waals surface area contributed by atoms with Crippen LogP contribution in [-0.4, -0.2) is 142 Å². The van der Waals surface area contributed by atoms with Crippen LogP contribution in [0.1, 0.15) is 16.7 Å². The lowest BCUT2D eigenvalue weighted by Gasteiger charge is -2.30. The molecule has 0 unspecified atom stereocenters. The van der Waals surface area contributed by atoms with Gasteiger partial charge < -0.3 is 65.5 Å². The number of ether oxygens (including phenoxy) is 5. The largest absolute Gasteiger partial charge is 0.507 e. The Morgan fingerprint density at radius 2 is 0.919 bits per heavy atom. The standard InChI is InChI=1S/C25H24ClNO7.C25H25NO8.C23H18FNO6/c1-31-9-7-27(8-10-32-2)14-20-21(28)5-4-17-18(13-23(29)34-24(17)20)19-12-15-11-16(26)3-6-22(15)33-25(19)30;1-31-11-9-26(30,10-12-32-2)15-20-21(27)8-7-17-18(14-23(28)34-24(17)20)19-13-16-5-3-4-6-22(16)33-25(19)29;24-14-1-4-20-13(9-14)10-17(23(28)30-20)16-11-21(27)31-22-15(16)2-3-19(26)18(22)12-25-5-7-29-8-6-25/h3-6,11-13,28H,7-10,14H2,1-2H3;3-8,13-14,30H,9-12,15H2,1-2H3;1-4,9-11,26H,5-8,12H2/p+1. The molecule has 99 heavy (non-hydrogen) atoms. The van der Waals surface area contributed by atoms with Crippen LogP contribution < -0.4 is 33.8 Å². The Morgan fingerprint density at radius 1 is 0.485 bits per heavy atom. The smallest absolute Gasteiger partial charge is 0.344 e. The topological polar surface area (TPSA) is 315 Å². The zero-order valence-electron chi connectivity index (χ0n) is 54.1. The lowest BCUT2D eigenvalue weighted by atomic mass is 9.99. The number of hydroxylamine groups is 3. The number of nitrogens with zero attached hydrogens (tertiary/aromatic N) is 3. The highest BCUT2D eigenvalue weighted by Gasteiger charge is 2.31. The van der Waals surface area contributed by atoms with Gasteiger partial charge in [0.15, 0.2) is 5.58 Å². The van der Waals surface area contributed by atoms with Gasteiger partial charge in [0, 0.05) is 140 Å². The number of rotatable bonds is 21. The Hall–Kier alpha value is -10.2. The van der Waals surface area contributed by atoms with E-state index in [2.05, 4.69) is 4.90 Å². The van der Waals surface area contributed by atoms with Crippen molar-refractivity contribution in [3.8, 4) is 50.6 Å². The molecule has 6 aromatic carbocycles. The predicted octanol–water partition coefficient (Wildman–Crippen LogP) is 10.5. The van der Waals surface area contributed by atoms with Gasteiger partial charge >= 0.3 is 33.8 Å². The van der Waals surface area contributed by atoms with E-state index in [0.717, 1.165) is 0 Å². The molecule has 1 fully saturated rings. The quantitative estimate of drug-likeness (QED) is 0.0295. The molecule has 1 aliphatic rings. The van der Waals surface area contributed by atoms with Crippen molar-refractivity contribution in [1.82, 2.24) is 9.80 Å². The number of hydrogen-bond acceptors (Lipinski definition) is 23. The van der Waals surface area contributed by atoms with Crippen LogP contribution in [0.25, 0.3) is 99.2 Å². The maximum atomic E-state index is 13.7. The van der Waals surface area contributed by atoms with Gasteiger partial charge in [0.05, 0.1) is 73.0 Å². The van der Waals surface area contributed by atoms with Gasteiger partial charge in [-0.15, -0.1) is 0 Å². The molecule has 24 nitrogen and oxygen atoms in total. The minimum absolute atomic E-state index is 0.00749. The molecule has 0 radical (unpaired) electrons. The molecule has 514 valence electrons. The summed E-state index contributed by atoms with van der Waals surface area (Å²) in [5.74, 6) is -0.649. The Morgan fingerprint density at radius 3 is 1.43 bits per heavy atom. The fraction of sp³-hybridized carbons (Fsp3) is 0.260. The molecular formula is C73H68ClFN3O21+. The predicted molar refractivity (Wildman–Crippen MR) is 366 cm³/mol. The van der Waals surface area contributed by atoms with Crippen LogP contribution in [0.4, 0.5) is 4.39 Å². The van der Waals surface area contributed by atoms with Crippen molar-refractivity contribution in [3.63, 3.8) is 0 Å². The van der Waals surface area contributed by atoms with Crippen LogP contribution in [-0.2, 0) is 43.3 Å². The van der Waals surface area contributed by atoms with Crippen molar-refractivity contribution in [1.29, 1.82) is 0 Å². The van der Waals surface area contributed by atoms with E-state index in [9.17, 15) is 53.7 Å². The summed E-state index contributed by atoms with van der Waals surface area (Å²) in [7, 11) is 6.27. The van der Waals surface area contributed by atoms with Gasteiger partial charge in [-0.05, 0) is 97.1 Å². The van der Waals surface area contributed by atoms with Gasteiger partial charge in [-0.2, -0.15) is 4.65 Å². The Labute approximate surface area is 565 Å². The third-order valence-corrected chi connectivity index (χ3v) is 17.1. The van der Waals surface area contributed by atoms with Crippen molar-refractivity contribution >= 4 is 77.4 Å². The first-order valence-corrected chi connectivity index (χ1v) is 31.6. The minimum Gasteiger partial charge on any atom is -0.507 e. The third kappa shape index (κ3) is 16.0. The SMILES string of the molecule is COCCN(CCOC)Cc1c(O)ccc2c(-c3cc4cc(Cl)ccc4oc3=O)cc(=O)oc12.COCC[N+](O)(CCOC)Cc1c(O)ccc2c(-c3cc4ccccc4oc3=O)cc(=O)oc12.O=c1cc(-c2cc3cc(F)ccc3oc2=O)c2ccc(O)c(CN3CCOCC3)c2o1. The molecule has 13 rings (SSSR count). The average Bonchev–Trinajstić information content (AvgIpc) is 0.770. The lowest BCUT2D eigenvalue weighted by Crippen LogP contribution is -2.48. The first-order chi connectivity index (χ1) is 47.7. The summed E-state index contributed by atoms with van der Waals surface area (Å²) >= 11 is 6.10. The van der Waals surface area contributed by atoms with Crippen LogP contribution in [0.2, 0.25) is 5.02 Å². The molecule has 0 aliphatic carbocycles. The Bertz CT molecular complexity index is 5330. The number of aromatic hydroxyl groups is 3. The average molecular weight is 1380 g/mol. The summed E-state index contributed by atoms with van der Waals surface area (Å²) in [5, 5.41) is 46.6. The Balaban J connectivity index is 0.000000150. The number of quaternary nitrogens is 1. The van der Waals surface area contributed by atoms with Crippen LogP contribution >= 0.6 is 11.6 Å². The molecule has 7 heterocycles. The van der Waals surface area contributed by atoms with Gasteiger partial charge in [0.1, 0.15) is 70.6 Å². The first kappa shape index (κ1) is 70.2. The molecule has 1 aliphatic heterocycles. The number of phenolic OH excluding ortho intramolecular Hbond substituents is 3. The monoisotopic (exact) mass is 1380 g/mol. The fourth-order valence-corrected chi connectivity index (χ4v) is 11.9. The Kier molecular flexibility index (Phi) is 22.1. The number of hydrogen-bond donors (Lipinski definition) is 4. The van der Waals surface area contributed by atoms with E-state index in [1.165, 1.54) is 74.9 Å². The molecule has 1 saturated heterocycles. The van der Waals surface area contributed by atoms with Crippen LogP contribution in [0.3, 0.4) is 0 Å². The van der Waals surface area contributed by atoms with E-state index in [0.29, 0.717) is 135 Å². The molecule has 6 aromatic heterocycles. The molecule has 0 atom stereocenters. The van der Waals surface area contributed by atoms with Gasteiger partial charge in [-0.3, -0.25) is 9.80 Å². The second-order valence-electron chi connectivity index (χ2n) is 23.3. The second-order valence-corrected chi connectivity index (χ2v) is 23.8. The highest BCUT2D eigenvalue weighted by atomic mass is 35.5. The zero-order valence-corrected chi connectivity index (χ0v) is 54.9. The molecule has 4 N–H and O–H groups in total. The highest BCUT2D eigenvalue weighted by Crippen LogP contribution is 2.38. The third-order valence-electron chi connectivity index (χ3n) is 16.8. The molecule has 26 heteroatoms. The van der Waals surface area contributed by atoms with Gasteiger partial charge in [-0.1, -0.05) is 29.8 Å². The van der Waals surface area contributed by atoms with E-state index in [1.54, 1.807) is 80.9 Å². The maximum Gasteiger partial charge on any atom is 0.344 e. The summed E-state index contributed by atoms with van der Waals surface area (Å²) in [5.41, 5.74) is 0.237. The second kappa shape index (κ2) is 31.1. The first-order valence-electron chi connectivity index (χ1n) is 31.2. The number of halogens is 2. The highest BCUT2D eigenvalue weighted by molar-refractivity contribution is 6.31. The summed E-state index contributed by atoms with van der Waals surface area (Å²) in [4.78, 5) is 79.9. The number of benzene rings is 6. The molecular weight excluding hydrogens is 1310 g/mol. The molecule has 0 spiro atoms. The van der Waals surface area contributed by atoms with Crippen molar-refractivity contribution in [3.05, 3.63) is 224 Å². The van der Waals surface area contributed by atoms with Gasteiger partial charge in [-0.25, -0.2) is 38.4 Å². The van der Waals surface area contributed by atoms with E-state index in [4.69, 9.17) is 61.8 Å². The molecule has 12 aromatic rings. The number of fused-ring (bicyclic) bond motifs is 6. The van der Waals surface area contributed by atoms with Crippen molar-refractivity contribution in [2.24, 2.45) is 0 Å². The fourth-order valence-electron chi connectivity index (χ4n) is 11.8. The number of para-hydroxylation sites is 1. The molecule has 0 saturated carbocycles. The van der Waals surface area contributed by atoms with Crippen LogP contribution in [0, 0.1) is 5.82 Å². The minimum atomic E-state index is -0.702. The molecule has 0 bridgehead atoms. The summed E-state index contributed by atoms with van der Waals surface area (Å²) in [6, 6.07) is 33.5. The van der Waals surface area contributed by atoms with Crippen molar-refractivity contribution in [2.45, 2.75) is 19.6 Å². The van der Waals surface area contributed by atoms with Crippen molar-refractivity contribution in [2.75, 3.05) is 107 Å². The number of phenols is 3. The molecule has 0 amide bonds. The van der Waals surface area contributed by atoms with Crippen LogP contribution in [0.15, 0.2) is 189 Å². The van der Waals surface area contributed by atoms with E-state index < -0.39 is 44.2 Å². The summed E-state index contributed by atoms with van der Waals surface area (Å²) in [6.45, 7) is 6.15. The zero-order chi connectivity index (χ0) is 70.1. The van der Waals surface area contributed by atoms with E-state index >= 15 is 0 Å². The summed E-state index contributed by atoms with van der Waals surface area (Å²) in [6.07, 6.45) is 0.